The summed E-state index contributed by atoms with van der Waals surface area (Å²) in [6, 6.07) is -0.373. The number of aromatic nitrogens is 2. The molecule has 7 heteroatoms. The number of H-pyrrole nitrogens is 1. The van der Waals surface area contributed by atoms with Crippen LogP contribution in [0.3, 0.4) is 0 Å². The van der Waals surface area contributed by atoms with Gasteiger partial charge in [-0.05, 0) is 12.8 Å². The number of nitrogens with zero attached hydrogens (tertiary/aromatic N) is 1. The van der Waals surface area contributed by atoms with Crippen LogP contribution in [0.2, 0.25) is 0 Å². The van der Waals surface area contributed by atoms with E-state index in [1.165, 1.54) is 19.2 Å². The summed E-state index contributed by atoms with van der Waals surface area (Å²) < 4.78 is 0. The highest BCUT2D eigenvalue weighted by molar-refractivity contribution is 5.83. The zero-order valence-corrected chi connectivity index (χ0v) is 10.6. The normalized spacial score (nSPS) is 16.0. The lowest BCUT2D eigenvalue weighted by molar-refractivity contribution is -0.141. The summed E-state index contributed by atoms with van der Waals surface area (Å²) in [5.41, 5.74) is 0.684. The maximum absolute atomic E-state index is 11.6. The van der Waals surface area contributed by atoms with Crippen LogP contribution in [-0.4, -0.2) is 45.6 Å². The third kappa shape index (κ3) is 4.70. The molecule has 1 fully saturated rings. The van der Waals surface area contributed by atoms with E-state index in [1.54, 1.807) is 6.20 Å². The number of aromatic amines is 1. The number of amides is 1. The molecular weight excluding hydrogens is 248 g/mol. The lowest BCUT2D eigenvalue weighted by atomic mass is 10.1. The molecule has 2 rings (SSSR count). The number of hydrogen-bond donors (Lipinski definition) is 4. The number of carboxylic acids is 1. The van der Waals surface area contributed by atoms with E-state index in [-0.39, 0.29) is 12.3 Å². The number of rotatable bonds is 8. The van der Waals surface area contributed by atoms with Crippen molar-refractivity contribution in [1.29, 1.82) is 0 Å². The lowest BCUT2D eigenvalue weighted by Gasteiger charge is -2.13. The minimum absolute atomic E-state index is 0.205. The largest absolute Gasteiger partial charge is 0.480 e. The van der Waals surface area contributed by atoms with Crippen LogP contribution >= 0.6 is 0 Å². The van der Waals surface area contributed by atoms with Gasteiger partial charge in [0.25, 0.3) is 0 Å². The Hall–Kier alpha value is -1.89. The Kier molecular flexibility index (Phi) is 4.51. The number of imidazole rings is 1. The third-order valence-corrected chi connectivity index (χ3v) is 2.97. The van der Waals surface area contributed by atoms with E-state index < -0.39 is 12.0 Å². The molecule has 0 bridgehead atoms. The van der Waals surface area contributed by atoms with Crippen LogP contribution in [0.15, 0.2) is 12.5 Å². The van der Waals surface area contributed by atoms with Crippen molar-refractivity contribution in [2.45, 2.75) is 37.8 Å². The molecule has 0 unspecified atom stereocenters. The Morgan fingerprint density at radius 2 is 2.32 bits per heavy atom. The van der Waals surface area contributed by atoms with Crippen LogP contribution in [0, 0.1) is 0 Å². The predicted octanol–water partition coefficient (Wildman–Crippen LogP) is -0.336. The topological polar surface area (TPSA) is 107 Å². The molecule has 0 saturated heterocycles. The molecule has 1 heterocycles. The molecule has 7 nitrogen and oxygen atoms in total. The minimum atomic E-state index is -1.04. The van der Waals surface area contributed by atoms with Gasteiger partial charge in [-0.2, -0.15) is 0 Å². The Labute approximate surface area is 110 Å². The fourth-order valence-corrected chi connectivity index (χ4v) is 1.76. The number of hydrogen-bond acceptors (Lipinski definition) is 4. The van der Waals surface area contributed by atoms with Crippen LogP contribution in [0.4, 0.5) is 0 Å². The Morgan fingerprint density at radius 3 is 2.89 bits per heavy atom. The maximum Gasteiger partial charge on any atom is 0.326 e. The van der Waals surface area contributed by atoms with Gasteiger partial charge in [0.05, 0.1) is 6.33 Å². The fourth-order valence-electron chi connectivity index (χ4n) is 1.76. The van der Waals surface area contributed by atoms with Gasteiger partial charge < -0.3 is 20.7 Å². The van der Waals surface area contributed by atoms with Crippen molar-refractivity contribution in [3.8, 4) is 0 Å². The summed E-state index contributed by atoms with van der Waals surface area (Å²) in [6.07, 6.45) is 5.87. The highest BCUT2D eigenvalue weighted by Crippen LogP contribution is 2.18. The van der Waals surface area contributed by atoms with Gasteiger partial charge in [0, 0.05) is 37.3 Å². The van der Waals surface area contributed by atoms with Crippen LogP contribution in [-0.2, 0) is 16.0 Å². The molecule has 1 aromatic heterocycles. The van der Waals surface area contributed by atoms with E-state index in [1.807, 2.05) is 0 Å². The van der Waals surface area contributed by atoms with Crippen LogP contribution < -0.4 is 10.6 Å². The summed E-state index contributed by atoms with van der Waals surface area (Å²) in [5, 5.41) is 14.8. The molecule has 0 aromatic carbocycles. The van der Waals surface area contributed by atoms with Crippen molar-refractivity contribution >= 4 is 11.9 Å². The number of carbonyl (C=O) groups excluding carboxylic acids is 1. The molecule has 1 aliphatic carbocycles. The van der Waals surface area contributed by atoms with Gasteiger partial charge in [-0.25, -0.2) is 9.78 Å². The fraction of sp³-hybridized carbons (Fsp3) is 0.583. The molecule has 1 atom stereocenters. The first-order valence-corrected chi connectivity index (χ1v) is 6.38. The number of carboxylic acid groups (broad SMARTS) is 1. The van der Waals surface area contributed by atoms with Crippen LogP contribution in [0.1, 0.15) is 25.0 Å². The van der Waals surface area contributed by atoms with Crippen LogP contribution in [0.5, 0.6) is 0 Å². The van der Waals surface area contributed by atoms with Gasteiger partial charge >= 0.3 is 5.97 Å². The minimum Gasteiger partial charge on any atom is -0.480 e. The quantitative estimate of drug-likeness (QED) is 0.515. The molecule has 0 radical (unpaired) electrons. The summed E-state index contributed by atoms with van der Waals surface area (Å²) in [5.74, 6) is -1.29. The maximum atomic E-state index is 11.6. The van der Waals surface area contributed by atoms with Crippen molar-refractivity contribution in [2.24, 2.45) is 0 Å². The van der Waals surface area contributed by atoms with Crippen molar-refractivity contribution in [3.63, 3.8) is 0 Å². The van der Waals surface area contributed by atoms with Crippen molar-refractivity contribution in [1.82, 2.24) is 20.6 Å². The average molecular weight is 266 g/mol. The first kappa shape index (κ1) is 13.5. The molecule has 0 spiro atoms. The number of aliphatic carboxylic acids is 1. The van der Waals surface area contributed by atoms with Crippen LogP contribution in [0.25, 0.3) is 0 Å². The summed E-state index contributed by atoms with van der Waals surface area (Å²) in [7, 11) is 0. The van der Waals surface area contributed by atoms with Crippen molar-refractivity contribution in [2.75, 3.05) is 6.54 Å². The standard InChI is InChI=1S/C12H18N4O3/c17-11(3-4-14-8-1-2-8)16-10(12(18)19)5-9-6-13-7-15-9/h6-8,10,14H,1-5H2,(H,13,15)(H,16,17)(H,18,19)/t10-/m1/s1. The second-order valence-corrected chi connectivity index (χ2v) is 4.72. The van der Waals surface area contributed by atoms with E-state index in [0.29, 0.717) is 24.7 Å². The monoisotopic (exact) mass is 266 g/mol. The van der Waals surface area contributed by atoms with E-state index in [0.717, 1.165) is 0 Å². The second-order valence-electron chi connectivity index (χ2n) is 4.72. The van der Waals surface area contributed by atoms with E-state index in [4.69, 9.17) is 5.11 Å². The smallest absolute Gasteiger partial charge is 0.326 e. The summed E-state index contributed by atoms with van der Waals surface area (Å²) in [6.45, 7) is 0.590. The van der Waals surface area contributed by atoms with Crippen molar-refractivity contribution in [3.05, 3.63) is 18.2 Å². The van der Waals surface area contributed by atoms with Gasteiger partial charge in [0.1, 0.15) is 6.04 Å². The molecule has 1 aliphatic rings. The van der Waals surface area contributed by atoms with Gasteiger partial charge in [0.2, 0.25) is 5.91 Å². The third-order valence-electron chi connectivity index (χ3n) is 2.97. The molecule has 4 N–H and O–H groups in total. The SMILES string of the molecule is O=C(CCNC1CC1)N[C@H](Cc1cnc[nH]1)C(=O)O. The van der Waals surface area contributed by atoms with E-state index in [9.17, 15) is 9.59 Å². The molecule has 104 valence electrons. The molecular formula is C12H18N4O3. The summed E-state index contributed by atoms with van der Waals surface area (Å²) in [4.78, 5) is 29.4. The van der Waals surface area contributed by atoms with Crippen molar-refractivity contribution < 1.29 is 14.7 Å². The second kappa shape index (κ2) is 6.33. The highest BCUT2D eigenvalue weighted by atomic mass is 16.4. The van der Waals surface area contributed by atoms with Gasteiger partial charge in [-0.15, -0.1) is 0 Å². The molecule has 1 aromatic rings. The van der Waals surface area contributed by atoms with E-state index in [2.05, 4.69) is 20.6 Å². The first-order valence-electron chi connectivity index (χ1n) is 6.38. The van der Waals surface area contributed by atoms with Gasteiger partial charge in [-0.1, -0.05) is 0 Å². The highest BCUT2D eigenvalue weighted by Gasteiger charge is 2.22. The zero-order valence-electron chi connectivity index (χ0n) is 10.6. The Balaban J connectivity index is 1.74. The molecule has 19 heavy (non-hydrogen) atoms. The predicted molar refractivity (Wildman–Crippen MR) is 67.5 cm³/mol. The summed E-state index contributed by atoms with van der Waals surface area (Å²) >= 11 is 0. The first-order chi connectivity index (χ1) is 9.15. The molecule has 1 amide bonds. The zero-order chi connectivity index (χ0) is 13.7. The molecule has 1 saturated carbocycles. The van der Waals surface area contributed by atoms with E-state index >= 15 is 0 Å². The Morgan fingerprint density at radius 1 is 1.53 bits per heavy atom. The molecule has 0 aliphatic heterocycles. The number of nitrogens with one attached hydrogen (secondary N) is 3. The number of carbonyl (C=O) groups is 2. The van der Waals surface area contributed by atoms with Gasteiger partial charge in [-0.3, -0.25) is 4.79 Å². The average Bonchev–Trinajstić information content (AvgIpc) is 3.03. The Bertz CT molecular complexity index is 428. The lowest BCUT2D eigenvalue weighted by Crippen LogP contribution is -2.43. The van der Waals surface area contributed by atoms with Gasteiger partial charge in [0.15, 0.2) is 0 Å².